The summed E-state index contributed by atoms with van der Waals surface area (Å²) in [5, 5.41) is 19.1. The first-order valence-corrected chi connectivity index (χ1v) is 16.5. The van der Waals surface area contributed by atoms with Crippen molar-refractivity contribution in [3.8, 4) is 11.5 Å². The van der Waals surface area contributed by atoms with Crippen LogP contribution in [-0.4, -0.2) is 36.9 Å². The molecule has 0 saturated carbocycles. The van der Waals surface area contributed by atoms with Crippen molar-refractivity contribution in [2.24, 2.45) is 0 Å². The van der Waals surface area contributed by atoms with Gasteiger partial charge in [0.15, 0.2) is 0 Å². The Bertz CT molecular complexity index is 2090. The molecule has 12 heteroatoms. The highest BCUT2D eigenvalue weighted by Crippen LogP contribution is 2.38. The van der Waals surface area contributed by atoms with Crippen LogP contribution in [0.4, 0.5) is 17.1 Å². The topological polar surface area (TPSA) is 149 Å². The Balaban J connectivity index is 1.42. The number of hydrogen-bond acceptors (Lipinski definition) is 8. The molecule has 0 spiro atoms. The molecule has 0 aliphatic heterocycles. The maximum absolute atomic E-state index is 13.8. The van der Waals surface area contributed by atoms with Gasteiger partial charge in [0.1, 0.15) is 22.4 Å². The van der Waals surface area contributed by atoms with Crippen LogP contribution < -0.4 is 25.4 Å². The van der Waals surface area contributed by atoms with Crippen LogP contribution in [0.2, 0.25) is 0 Å². The smallest absolute Gasteiger partial charge is 0.272 e. The molecule has 0 heterocycles. The molecule has 0 saturated heterocycles. The van der Waals surface area contributed by atoms with E-state index in [0.717, 1.165) is 0 Å². The van der Waals surface area contributed by atoms with Crippen LogP contribution >= 0.6 is 11.8 Å². The molecule has 11 nitrogen and oxygen atoms in total. The van der Waals surface area contributed by atoms with Gasteiger partial charge in [-0.1, -0.05) is 60.7 Å². The lowest BCUT2D eigenvalue weighted by atomic mass is 10.1. The van der Waals surface area contributed by atoms with Crippen molar-refractivity contribution in [2.45, 2.75) is 17.1 Å². The molecule has 0 aliphatic carbocycles. The minimum Gasteiger partial charge on any atom is -0.497 e. The summed E-state index contributed by atoms with van der Waals surface area (Å²) in [7, 11) is 3.02. The van der Waals surface area contributed by atoms with Gasteiger partial charge in [0.05, 0.1) is 24.8 Å². The molecule has 3 amide bonds. The maximum Gasteiger partial charge on any atom is 0.272 e. The monoisotopic (exact) mass is 702 g/mol. The van der Waals surface area contributed by atoms with E-state index in [1.54, 1.807) is 85.8 Å². The lowest BCUT2D eigenvalue weighted by Crippen LogP contribution is -2.30. The van der Waals surface area contributed by atoms with Gasteiger partial charge in [-0.3, -0.25) is 24.5 Å². The van der Waals surface area contributed by atoms with Crippen molar-refractivity contribution in [3.63, 3.8) is 0 Å². The molecule has 51 heavy (non-hydrogen) atoms. The van der Waals surface area contributed by atoms with E-state index in [-0.39, 0.29) is 17.3 Å². The van der Waals surface area contributed by atoms with E-state index in [1.165, 1.54) is 44.2 Å². The summed E-state index contributed by atoms with van der Waals surface area (Å²) in [5.41, 5.74) is 2.83. The second-order valence-electron chi connectivity index (χ2n) is 11.1. The Kier molecular flexibility index (Phi) is 11.8. The average molecular weight is 703 g/mol. The number of ether oxygens (including phenoxy) is 2. The normalized spacial score (nSPS) is 11.5. The van der Waals surface area contributed by atoms with Gasteiger partial charge >= 0.3 is 0 Å². The van der Waals surface area contributed by atoms with Gasteiger partial charge in [-0.15, -0.1) is 11.8 Å². The molecule has 3 N–H and O–H groups in total. The molecular weight excluding hydrogens is 669 g/mol. The second kappa shape index (κ2) is 16.8. The molecule has 5 aromatic carbocycles. The molecule has 1 unspecified atom stereocenters. The molecule has 0 fully saturated rings. The standard InChI is InChI=1S/C39H34N4O7S/c1-25-17-19-30(43(47)48)23-33(25)41-39(46)36(26-11-6-4-7-12-26)51-32-16-10-15-29(22-32)40-38(45)34(42-37(44)27-13-8-5-9-14-27)21-28-18-20-31(49-2)24-35(28)50-3/h4-24,36H,1-3H3,(H,40,45)(H,41,46)(H,42,44)/b34-21+. The van der Waals surface area contributed by atoms with Gasteiger partial charge in [-0.2, -0.15) is 0 Å². The molecular formula is C39H34N4O7S. The van der Waals surface area contributed by atoms with Crippen molar-refractivity contribution in [1.29, 1.82) is 0 Å². The van der Waals surface area contributed by atoms with Crippen LogP contribution in [0.3, 0.4) is 0 Å². The van der Waals surface area contributed by atoms with Crippen LogP contribution in [0.15, 0.2) is 132 Å². The predicted octanol–water partition coefficient (Wildman–Crippen LogP) is 7.80. The summed E-state index contributed by atoms with van der Waals surface area (Å²) in [6.45, 7) is 1.76. The van der Waals surface area contributed by atoms with E-state index in [4.69, 9.17) is 9.47 Å². The molecule has 5 rings (SSSR count). The number of anilines is 2. The van der Waals surface area contributed by atoms with Crippen LogP contribution in [0.5, 0.6) is 11.5 Å². The van der Waals surface area contributed by atoms with E-state index < -0.39 is 22.0 Å². The third-order valence-corrected chi connectivity index (χ3v) is 8.89. The number of nitrogens with zero attached hydrogens (tertiary/aromatic N) is 1. The number of benzene rings is 5. The summed E-state index contributed by atoms with van der Waals surface area (Å²) in [4.78, 5) is 52.3. The number of carbonyl (C=O) groups is 3. The Hall–Kier alpha value is -6.40. The molecule has 1 atom stereocenters. The number of hydrogen-bond donors (Lipinski definition) is 3. The van der Waals surface area contributed by atoms with Gasteiger partial charge in [0.25, 0.3) is 17.5 Å². The molecule has 258 valence electrons. The highest BCUT2D eigenvalue weighted by molar-refractivity contribution is 8.00. The fraction of sp³-hybridized carbons (Fsp3) is 0.103. The average Bonchev–Trinajstić information content (AvgIpc) is 3.15. The minimum absolute atomic E-state index is 0.0424. The van der Waals surface area contributed by atoms with Gasteiger partial charge in [0.2, 0.25) is 5.91 Å². The Labute approximate surface area is 298 Å². The van der Waals surface area contributed by atoms with Crippen molar-refractivity contribution in [2.75, 3.05) is 24.9 Å². The lowest BCUT2D eigenvalue weighted by Gasteiger charge is -2.18. The van der Waals surface area contributed by atoms with E-state index in [0.29, 0.717) is 50.0 Å². The minimum atomic E-state index is -0.751. The van der Waals surface area contributed by atoms with E-state index in [2.05, 4.69) is 16.0 Å². The van der Waals surface area contributed by atoms with Crippen LogP contribution in [0.1, 0.15) is 32.3 Å². The molecule has 0 bridgehead atoms. The quantitative estimate of drug-likeness (QED) is 0.0487. The summed E-state index contributed by atoms with van der Waals surface area (Å²) in [6.07, 6.45) is 1.51. The number of non-ortho nitro benzene ring substituents is 1. The number of methoxy groups -OCH3 is 2. The summed E-state index contributed by atoms with van der Waals surface area (Å²) in [6, 6.07) is 34.0. The Morgan fingerprint density at radius 3 is 2.22 bits per heavy atom. The number of aryl methyl sites for hydroxylation is 1. The van der Waals surface area contributed by atoms with Crippen LogP contribution in [0.25, 0.3) is 6.08 Å². The van der Waals surface area contributed by atoms with Gasteiger partial charge < -0.3 is 25.4 Å². The molecule has 5 aromatic rings. The van der Waals surface area contributed by atoms with Gasteiger partial charge in [0, 0.05) is 39.9 Å². The third kappa shape index (κ3) is 9.40. The fourth-order valence-corrected chi connectivity index (χ4v) is 6.06. The number of nitro groups is 1. The first-order valence-electron chi connectivity index (χ1n) is 15.6. The Morgan fingerprint density at radius 2 is 1.53 bits per heavy atom. The summed E-state index contributed by atoms with van der Waals surface area (Å²) in [5.74, 6) is -0.480. The van der Waals surface area contributed by atoms with Crippen LogP contribution in [-0.2, 0) is 9.59 Å². The van der Waals surface area contributed by atoms with Crippen molar-refractivity contribution >= 4 is 52.6 Å². The number of carbonyl (C=O) groups excluding carboxylic acids is 3. The Morgan fingerprint density at radius 1 is 0.804 bits per heavy atom. The number of nitrogens with one attached hydrogen (secondary N) is 3. The number of rotatable bonds is 13. The third-order valence-electron chi connectivity index (χ3n) is 7.65. The molecule has 0 aliphatic rings. The fourth-order valence-electron chi connectivity index (χ4n) is 4.97. The predicted molar refractivity (Wildman–Crippen MR) is 198 cm³/mol. The van der Waals surface area contributed by atoms with Crippen molar-refractivity contribution in [1.82, 2.24) is 5.32 Å². The zero-order chi connectivity index (χ0) is 36.3. The van der Waals surface area contributed by atoms with E-state index in [9.17, 15) is 24.5 Å². The van der Waals surface area contributed by atoms with Crippen molar-refractivity contribution in [3.05, 3.63) is 159 Å². The van der Waals surface area contributed by atoms with Gasteiger partial charge in [-0.05, 0) is 66.6 Å². The largest absolute Gasteiger partial charge is 0.497 e. The highest BCUT2D eigenvalue weighted by atomic mass is 32.2. The first kappa shape index (κ1) is 35.9. The van der Waals surface area contributed by atoms with E-state index in [1.807, 2.05) is 30.3 Å². The van der Waals surface area contributed by atoms with E-state index >= 15 is 0 Å². The number of thioether (sulfide) groups is 1. The zero-order valence-corrected chi connectivity index (χ0v) is 28.7. The second-order valence-corrected chi connectivity index (χ2v) is 12.3. The highest BCUT2D eigenvalue weighted by Gasteiger charge is 2.24. The molecule has 0 aromatic heterocycles. The summed E-state index contributed by atoms with van der Waals surface area (Å²) < 4.78 is 10.8. The number of nitro benzene ring substituents is 1. The van der Waals surface area contributed by atoms with Crippen molar-refractivity contribution < 1.29 is 28.8 Å². The summed E-state index contributed by atoms with van der Waals surface area (Å²) >= 11 is 1.24. The first-order chi connectivity index (χ1) is 24.6. The SMILES string of the molecule is COc1ccc(/C=C(/NC(=O)c2ccccc2)C(=O)Nc2cccc(SC(C(=O)Nc3cc([N+](=O)[O-])ccc3C)c3ccccc3)c2)c(OC)c1. The van der Waals surface area contributed by atoms with Crippen LogP contribution in [0, 0.1) is 17.0 Å². The lowest BCUT2D eigenvalue weighted by molar-refractivity contribution is -0.384. The zero-order valence-electron chi connectivity index (χ0n) is 27.9. The van der Waals surface area contributed by atoms with Gasteiger partial charge in [-0.25, -0.2) is 0 Å². The maximum atomic E-state index is 13.8. The molecule has 0 radical (unpaired) electrons. The number of amides is 3.